The first-order valence-electron chi connectivity index (χ1n) is 6.07. The van der Waals surface area contributed by atoms with Crippen LogP contribution in [0.15, 0.2) is 42.6 Å². The Morgan fingerprint density at radius 1 is 1.19 bits per heavy atom. The first kappa shape index (κ1) is 13.2. The Hall–Kier alpha value is -2.84. The standard InChI is InChI=1S/C15H9ClN4O/c16-10-3-5-13(15-9(10)2-1-7-19-15)21-14-6-4-11(18)12(8-17)20-14/h1-7H,18H2. The number of hydrogen-bond donors (Lipinski definition) is 1. The van der Waals surface area contributed by atoms with Gasteiger partial charge in [-0.15, -0.1) is 0 Å². The highest BCUT2D eigenvalue weighted by molar-refractivity contribution is 6.35. The number of benzene rings is 1. The summed E-state index contributed by atoms with van der Waals surface area (Å²) >= 11 is 6.13. The number of ether oxygens (including phenoxy) is 1. The summed E-state index contributed by atoms with van der Waals surface area (Å²) in [6, 6.07) is 12.2. The molecule has 0 saturated carbocycles. The molecule has 2 heterocycles. The largest absolute Gasteiger partial charge is 0.437 e. The highest BCUT2D eigenvalue weighted by atomic mass is 35.5. The van der Waals surface area contributed by atoms with Crippen molar-refractivity contribution in [3.63, 3.8) is 0 Å². The summed E-state index contributed by atoms with van der Waals surface area (Å²) in [6.45, 7) is 0. The van der Waals surface area contributed by atoms with Gasteiger partial charge in [0.15, 0.2) is 11.4 Å². The number of nitrogen functional groups attached to an aromatic ring is 1. The Morgan fingerprint density at radius 3 is 2.86 bits per heavy atom. The number of nitriles is 1. The Bertz CT molecular complexity index is 873. The van der Waals surface area contributed by atoms with E-state index in [1.165, 1.54) is 0 Å². The number of nitrogens with two attached hydrogens (primary N) is 1. The van der Waals surface area contributed by atoms with Crippen LogP contribution >= 0.6 is 11.6 Å². The molecular formula is C15H9ClN4O. The lowest BCUT2D eigenvalue weighted by atomic mass is 10.2. The van der Waals surface area contributed by atoms with Crippen molar-refractivity contribution >= 4 is 28.2 Å². The van der Waals surface area contributed by atoms with Gasteiger partial charge in [-0.25, -0.2) is 4.98 Å². The lowest BCUT2D eigenvalue weighted by molar-refractivity contribution is 0.467. The Balaban J connectivity index is 2.07. The number of pyridine rings is 2. The van der Waals surface area contributed by atoms with Gasteiger partial charge in [-0.3, -0.25) is 4.98 Å². The number of halogens is 1. The summed E-state index contributed by atoms with van der Waals surface area (Å²) in [5, 5.41) is 10.3. The van der Waals surface area contributed by atoms with Gasteiger partial charge in [-0.1, -0.05) is 11.6 Å². The van der Waals surface area contributed by atoms with E-state index in [9.17, 15) is 0 Å². The van der Waals surface area contributed by atoms with E-state index >= 15 is 0 Å². The highest BCUT2D eigenvalue weighted by Crippen LogP contribution is 2.32. The van der Waals surface area contributed by atoms with Gasteiger partial charge in [0.05, 0.1) is 10.7 Å². The van der Waals surface area contributed by atoms with Gasteiger partial charge < -0.3 is 10.5 Å². The zero-order valence-corrected chi connectivity index (χ0v) is 11.5. The molecule has 0 aliphatic rings. The fourth-order valence-electron chi connectivity index (χ4n) is 1.91. The summed E-state index contributed by atoms with van der Waals surface area (Å²) in [5.41, 5.74) is 6.69. The van der Waals surface area contributed by atoms with E-state index in [1.807, 2.05) is 12.1 Å². The molecule has 2 N–H and O–H groups in total. The summed E-state index contributed by atoms with van der Waals surface area (Å²) in [7, 11) is 0. The van der Waals surface area contributed by atoms with E-state index in [2.05, 4.69) is 9.97 Å². The van der Waals surface area contributed by atoms with Gasteiger partial charge in [0.2, 0.25) is 5.88 Å². The lowest BCUT2D eigenvalue weighted by Gasteiger charge is -2.09. The van der Waals surface area contributed by atoms with Crippen LogP contribution in [-0.4, -0.2) is 9.97 Å². The molecule has 6 heteroatoms. The quantitative estimate of drug-likeness (QED) is 0.782. The molecule has 0 spiro atoms. The van der Waals surface area contributed by atoms with Gasteiger partial charge in [0.1, 0.15) is 11.6 Å². The third kappa shape index (κ3) is 2.45. The van der Waals surface area contributed by atoms with Crippen molar-refractivity contribution in [2.24, 2.45) is 0 Å². The molecule has 102 valence electrons. The first-order chi connectivity index (χ1) is 10.2. The molecule has 21 heavy (non-hydrogen) atoms. The summed E-state index contributed by atoms with van der Waals surface area (Å²) < 4.78 is 5.71. The number of nitrogens with zero attached hydrogens (tertiary/aromatic N) is 3. The topological polar surface area (TPSA) is 84.8 Å². The van der Waals surface area contributed by atoms with Crippen LogP contribution in [0.2, 0.25) is 5.02 Å². The Kier molecular flexibility index (Phi) is 3.30. The van der Waals surface area contributed by atoms with Crippen molar-refractivity contribution in [3.05, 3.63) is 53.3 Å². The smallest absolute Gasteiger partial charge is 0.220 e. The molecule has 2 aromatic heterocycles. The molecule has 0 amide bonds. The van der Waals surface area contributed by atoms with Crippen LogP contribution in [0.1, 0.15) is 5.69 Å². The van der Waals surface area contributed by atoms with Crippen molar-refractivity contribution in [2.45, 2.75) is 0 Å². The molecule has 3 rings (SSSR count). The maximum atomic E-state index is 8.94. The molecule has 0 atom stereocenters. The predicted octanol–water partition coefficient (Wildman–Crippen LogP) is 3.53. The van der Waals surface area contributed by atoms with E-state index in [-0.39, 0.29) is 11.6 Å². The maximum absolute atomic E-state index is 8.94. The Morgan fingerprint density at radius 2 is 2.05 bits per heavy atom. The third-order valence-electron chi connectivity index (χ3n) is 2.90. The summed E-state index contributed by atoms with van der Waals surface area (Å²) in [5.74, 6) is 0.784. The summed E-state index contributed by atoms with van der Waals surface area (Å²) in [6.07, 6.45) is 1.66. The minimum Gasteiger partial charge on any atom is -0.437 e. The molecule has 0 fully saturated rings. The molecule has 1 aromatic carbocycles. The fraction of sp³-hybridized carbons (Fsp3) is 0. The predicted molar refractivity (Wildman–Crippen MR) is 80.2 cm³/mol. The molecular weight excluding hydrogens is 288 g/mol. The minimum absolute atomic E-state index is 0.124. The normalized spacial score (nSPS) is 10.3. The van der Waals surface area contributed by atoms with Gasteiger partial charge in [0.25, 0.3) is 0 Å². The Labute approximate surface area is 125 Å². The van der Waals surface area contributed by atoms with Crippen molar-refractivity contribution in [2.75, 3.05) is 5.73 Å². The molecule has 5 nitrogen and oxygen atoms in total. The van der Waals surface area contributed by atoms with Crippen LogP contribution < -0.4 is 10.5 Å². The number of hydrogen-bond acceptors (Lipinski definition) is 5. The zero-order chi connectivity index (χ0) is 14.8. The number of aromatic nitrogens is 2. The van der Waals surface area contributed by atoms with Crippen molar-refractivity contribution in [1.82, 2.24) is 9.97 Å². The second kappa shape index (κ2) is 5.27. The van der Waals surface area contributed by atoms with Gasteiger partial charge in [-0.2, -0.15) is 5.26 Å². The van der Waals surface area contributed by atoms with Crippen LogP contribution in [0, 0.1) is 11.3 Å². The first-order valence-corrected chi connectivity index (χ1v) is 6.44. The molecule has 0 unspecified atom stereocenters. The van der Waals surface area contributed by atoms with E-state index in [1.54, 1.807) is 36.5 Å². The van der Waals surface area contributed by atoms with Crippen molar-refractivity contribution < 1.29 is 4.74 Å². The van der Waals surface area contributed by atoms with Gasteiger partial charge >= 0.3 is 0 Å². The zero-order valence-electron chi connectivity index (χ0n) is 10.7. The molecule has 0 aliphatic carbocycles. The second-order valence-electron chi connectivity index (χ2n) is 4.25. The molecule has 0 saturated heterocycles. The average molecular weight is 297 g/mol. The van der Waals surface area contributed by atoms with E-state index in [0.717, 1.165) is 5.39 Å². The lowest BCUT2D eigenvalue weighted by Crippen LogP contribution is -1.96. The third-order valence-corrected chi connectivity index (χ3v) is 3.23. The monoisotopic (exact) mass is 296 g/mol. The van der Waals surface area contributed by atoms with Crippen LogP contribution in [0.5, 0.6) is 11.6 Å². The van der Waals surface area contributed by atoms with Crippen LogP contribution in [-0.2, 0) is 0 Å². The number of fused-ring (bicyclic) bond motifs is 1. The van der Waals surface area contributed by atoms with Crippen LogP contribution in [0.3, 0.4) is 0 Å². The van der Waals surface area contributed by atoms with Crippen molar-refractivity contribution in [3.8, 4) is 17.7 Å². The molecule has 0 bridgehead atoms. The van der Waals surface area contributed by atoms with Crippen LogP contribution in [0.4, 0.5) is 5.69 Å². The minimum atomic E-state index is 0.124. The van der Waals surface area contributed by atoms with E-state index < -0.39 is 0 Å². The average Bonchev–Trinajstić information content (AvgIpc) is 2.52. The summed E-state index contributed by atoms with van der Waals surface area (Å²) in [4.78, 5) is 8.32. The molecule has 0 radical (unpaired) electrons. The van der Waals surface area contributed by atoms with Crippen LogP contribution in [0.25, 0.3) is 10.9 Å². The highest BCUT2D eigenvalue weighted by Gasteiger charge is 2.09. The number of anilines is 1. The van der Waals surface area contributed by atoms with Crippen molar-refractivity contribution in [1.29, 1.82) is 5.26 Å². The fourth-order valence-corrected chi connectivity index (χ4v) is 2.12. The second-order valence-corrected chi connectivity index (χ2v) is 4.65. The van der Waals surface area contributed by atoms with E-state index in [0.29, 0.717) is 22.0 Å². The van der Waals surface area contributed by atoms with Gasteiger partial charge in [0, 0.05) is 17.6 Å². The maximum Gasteiger partial charge on any atom is 0.220 e. The molecule has 3 aromatic rings. The van der Waals surface area contributed by atoms with Gasteiger partial charge in [-0.05, 0) is 30.3 Å². The molecule has 0 aliphatic heterocycles. The number of rotatable bonds is 2. The SMILES string of the molecule is N#Cc1nc(Oc2ccc(Cl)c3cccnc23)ccc1N. The van der Waals surface area contributed by atoms with E-state index in [4.69, 9.17) is 27.3 Å².